The van der Waals surface area contributed by atoms with Crippen LogP contribution in [0.1, 0.15) is 10.4 Å². The summed E-state index contributed by atoms with van der Waals surface area (Å²) in [5.74, 6) is -0.731. The lowest BCUT2D eigenvalue weighted by Crippen LogP contribution is -2.59. The fraction of sp³-hybridized carbons (Fsp3) is 0.429. The highest BCUT2D eigenvalue weighted by molar-refractivity contribution is 14.1. The summed E-state index contributed by atoms with van der Waals surface area (Å²) in [7, 11) is 3.34. The molecule has 0 spiro atoms. The number of piperazine rings is 1. The van der Waals surface area contributed by atoms with E-state index in [1.54, 1.807) is 19.0 Å². The summed E-state index contributed by atoms with van der Waals surface area (Å²) >= 11 is 1.94. The zero-order valence-electron chi connectivity index (χ0n) is 11.9. The third kappa shape index (κ3) is 3.52. The first-order chi connectivity index (χ1) is 9.91. The molecule has 1 saturated heterocycles. The quantitative estimate of drug-likeness (QED) is 0.746. The first-order valence-electron chi connectivity index (χ1n) is 6.59. The molecule has 5 nitrogen and oxygen atoms in total. The lowest BCUT2D eigenvalue weighted by molar-refractivity contribution is -0.134. The third-order valence-corrected chi connectivity index (χ3v) is 4.28. The smallest absolute Gasteiger partial charge is 0.255 e. The molecular formula is C14H17FIN3O2. The van der Waals surface area contributed by atoms with Crippen molar-refractivity contribution in [3.63, 3.8) is 0 Å². The van der Waals surface area contributed by atoms with Gasteiger partial charge in [0.25, 0.3) is 5.91 Å². The van der Waals surface area contributed by atoms with Gasteiger partial charge in [-0.15, -0.1) is 0 Å². The van der Waals surface area contributed by atoms with Crippen molar-refractivity contribution in [2.24, 2.45) is 0 Å². The van der Waals surface area contributed by atoms with E-state index in [9.17, 15) is 14.0 Å². The fourth-order valence-corrected chi connectivity index (χ4v) is 2.99. The lowest BCUT2D eigenvalue weighted by atomic mass is 10.1. The topological polar surface area (TPSA) is 52.7 Å². The van der Waals surface area contributed by atoms with E-state index in [4.69, 9.17) is 0 Å². The van der Waals surface area contributed by atoms with Gasteiger partial charge in [-0.2, -0.15) is 0 Å². The van der Waals surface area contributed by atoms with Crippen LogP contribution in [0.25, 0.3) is 0 Å². The molecule has 0 saturated carbocycles. The van der Waals surface area contributed by atoms with Gasteiger partial charge in [-0.25, -0.2) is 4.39 Å². The van der Waals surface area contributed by atoms with Crippen LogP contribution in [-0.4, -0.2) is 61.4 Å². The monoisotopic (exact) mass is 405 g/mol. The van der Waals surface area contributed by atoms with Crippen molar-refractivity contribution in [1.29, 1.82) is 0 Å². The number of amides is 2. The third-order valence-electron chi connectivity index (χ3n) is 3.39. The molecular weight excluding hydrogens is 388 g/mol. The molecule has 1 heterocycles. The SMILES string of the molecule is CN(C)C(=O)C1CNCCN1C(=O)c1ccc(F)cc1I. The summed E-state index contributed by atoms with van der Waals surface area (Å²) in [6.45, 7) is 1.53. The Balaban J connectivity index is 2.28. The molecule has 0 aliphatic carbocycles. The van der Waals surface area contributed by atoms with E-state index in [0.29, 0.717) is 28.8 Å². The molecule has 1 N–H and O–H groups in total. The number of carbonyl (C=O) groups is 2. The molecule has 1 atom stereocenters. The minimum Gasteiger partial charge on any atom is -0.347 e. The molecule has 1 aromatic rings. The summed E-state index contributed by atoms with van der Waals surface area (Å²) in [4.78, 5) is 27.9. The molecule has 2 amide bonds. The Kier molecular flexibility index (Phi) is 5.15. The summed E-state index contributed by atoms with van der Waals surface area (Å²) in [6.07, 6.45) is 0. The van der Waals surface area contributed by atoms with Crippen molar-refractivity contribution >= 4 is 34.4 Å². The number of likely N-dealkylation sites (N-methyl/N-ethyl adjacent to an activating group) is 1. The summed E-state index contributed by atoms with van der Waals surface area (Å²) in [6, 6.07) is 3.53. The Morgan fingerprint density at radius 3 is 2.76 bits per heavy atom. The predicted octanol–water partition coefficient (Wildman–Crippen LogP) is 0.933. The van der Waals surface area contributed by atoms with Crippen LogP contribution in [0.3, 0.4) is 0 Å². The highest BCUT2D eigenvalue weighted by Gasteiger charge is 2.34. The van der Waals surface area contributed by atoms with Gasteiger partial charge < -0.3 is 15.1 Å². The second-order valence-electron chi connectivity index (χ2n) is 5.08. The highest BCUT2D eigenvalue weighted by atomic mass is 127. The van der Waals surface area contributed by atoms with Gasteiger partial charge in [-0.05, 0) is 40.8 Å². The molecule has 7 heteroatoms. The van der Waals surface area contributed by atoms with Crippen molar-refractivity contribution in [2.75, 3.05) is 33.7 Å². The van der Waals surface area contributed by atoms with Crippen LogP contribution in [0.15, 0.2) is 18.2 Å². The van der Waals surface area contributed by atoms with Crippen LogP contribution in [0, 0.1) is 9.39 Å². The Morgan fingerprint density at radius 1 is 1.43 bits per heavy atom. The van der Waals surface area contributed by atoms with E-state index in [1.165, 1.54) is 23.1 Å². The molecule has 1 aliphatic heterocycles. The van der Waals surface area contributed by atoms with Crippen LogP contribution in [0.4, 0.5) is 4.39 Å². The molecule has 1 fully saturated rings. The van der Waals surface area contributed by atoms with Crippen molar-refractivity contribution < 1.29 is 14.0 Å². The second kappa shape index (κ2) is 6.69. The Morgan fingerprint density at radius 2 is 2.14 bits per heavy atom. The average Bonchev–Trinajstić information content (AvgIpc) is 2.45. The van der Waals surface area contributed by atoms with Crippen molar-refractivity contribution in [3.8, 4) is 0 Å². The molecule has 1 aromatic carbocycles. The fourth-order valence-electron chi connectivity index (χ4n) is 2.28. The molecule has 0 bridgehead atoms. The van der Waals surface area contributed by atoms with Crippen LogP contribution >= 0.6 is 22.6 Å². The number of halogens is 2. The minimum atomic E-state index is -0.526. The van der Waals surface area contributed by atoms with Gasteiger partial charge >= 0.3 is 0 Å². The number of benzene rings is 1. The van der Waals surface area contributed by atoms with E-state index in [0.717, 1.165) is 0 Å². The van der Waals surface area contributed by atoms with Crippen LogP contribution < -0.4 is 5.32 Å². The van der Waals surface area contributed by atoms with Crippen LogP contribution in [0.2, 0.25) is 0 Å². The van der Waals surface area contributed by atoms with Gasteiger partial charge in [0.05, 0.1) is 5.56 Å². The zero-order chi connectivity index (χ0) is 15.6. The van der Waals surface area contributed by atoms with Crippen molar-refractivity contribution in [3.05, 3.63) is 33.1 Å². The largest absolute Gasteiger partial charge is 0.347 e. The van der Waals surface area contributed by atoms with E-state index in [2.05, 4.69) is 5.32 Å². The number of nitrogens with zero attached hydrogens (tertiary/aromatic N) is 2. The molecule has 1 aliphatic rings. The maximum atomic E-state index is 13.2. The van der Waals surface area contributed by atoms with Gasteiger partial charge in [-0.1, -0.05) is 0 Å². The Labute approximate surface area is 136 Å². The predicted molar refractivity (Wildman–Crippen MR) is 85.5 cm³/mol. The molecule has 0 aromatic heterocycles. The van der Waals surface area contributed by atoms with E-state index >= 15 is 0 Å². The highest BCUT2D eigenvalue weighted by Crippen LogP contribution is 2.18. The summed E-state index contributed by atoms with van der Waals surface area (Å²) in [5, 5.41) is 3.13. The lowest BCUT2D eigenvalue weighted by Gasteiger charge is -2.36. The number of hydrogen-bond donors (Lipinski definition) is 1. The zero-order valence-corrected chi connectivity index (χ0v) is 14.1. The molecule has 0 radical (unpaired) electrons. The summed E-state index contributed by atoms with van der Waals surface area (Å²) < 4.78 is 13.7. The maximum Gasteiger partial charge on any atom is 0.255 e. The van der Waals surface area contributed by atoms with Crippen molar-refractivity contribution in [2.45, 2.75) is 6.04 Å². The number of carbonyl (C=O) groups excluding carboxylic acids is 2. The number of hydrogen-bond acceptors (Lipinski definition) is 3. The average molecular weight is 405 g/mol. The van der Waals surface area contributed by atoms with E-state index in [1.807, 2.05) is 22.6 Å². The maximum absolute atomic E-state index is 13.2. The van der Waals surface area contributed by atoms with Gasteiger partial charge in [0.15, 0.2) is 0 Å². The number of rotatable bonds is 2. The molecule has 1 unspecified atom stereocenters. The first kappa shape index (κ1) is 16.2. The number of nitrogens with one attached hydrogen (secondary N) is 1. The Hall–Kier alpha value is -1.22. The van der Waals surface area contributed by atoms with Gasteiger partial charge in [0, 0.05) is 37.3 Å². The van der Waals surface area contributed by atoms with Crippen molar-refractivity contribution in [1.82, 2.24) is 15.1 Å². The minimum absolute atomic E-state index is 0.118. The molecule has 21 heavy (non-hydrogen) atoms. The van der Waals surface area contributed by atoms with E-state index < -0.39 is 6.04 Å². The standard InChI is InChI=1S/C14H17FIN3O2/c1-18(2)14(21)12-8-17-5-6-19(12)13(20)10-4-3-9(15)7-11(10)16/h3-4,7,12,17H,5-6,8H2,1-2H3. The normalized spacial score (nSPS) is 18.5. The molecule has 2 rings (SSSR count). The second-order valence-corrected chi connectivity index (χ2v) is 6.24. The van der Waals surface area contributed by atoms with Crippen LogP contribution in [0.5, 0.6) is 0 Å². The van der Waals surface area contributed by atoms with Gasteiger partial charge in [0.2, 0.25) is 5.91 Å². The van der Waals surface area contributed by atoms with Crippen LogP contribution in [-0.2, 0) is 4.79 Å². The van der Waals surface area contributed by atoms with Gasteiger partial charge in [-0.3, -0.25) is 9.59 Å². The molecule has 114 valence electrons. The summed E-state index contributed by atoms with van der Waals surface area (Å²) in [5.41, 5.74) is 0.426. The van der Waals surface area contributed by atoms with E-state index in [-0.39, 0.29) is 17.6 Å². The van der Waals surface area contributed by atoms with Gasteiger partial charge in [0.1, 0.15) is 11.9 Å². The Bertz CT molecular complexity index is 565. The first-order valence-corrected chi connectivity index (χ1v) is 7.67.